The van der Waals surface area contributed by atoms with Crippen LogP contribution in [-0.4, -0.2) is 60.2 Å². The average molecular weight is 424 g/mol. The summed E-state index contributed by atoms with van der Waals surface area (Å²) in [4.78, 5) is 20.0. The molecule has 0 atom stereocenters. The molecule has 6 nitrogen and oxygen atoms in total. The molecule has 0 aromatic carbocycles. The van der Waals surface area contributed by atoms with Gasteiger partial charge in [-0.2, -0.15) is 0 Å². The van der Waals surface area contributed by atoms with Crippen molar-refractivity contribution in [3.63, 3.8) is 0 Å². The zero-order valence-electron chi connectivity index (χ0n) is 14.0. The molecule has 0 radical (unpaired) electrons. The lowest BCUT2D eigenvalue weighted by Gasteiger charge is -2.36. The van der Waals surface area contributed by atoms with Gasteiger partial charge in [-0.15, -0.1) is 24.0 Å². The van der Waals surface area contributed by atoms with Crippen LogP contribution in [0, 0.1) is 0 Å². The Balaban J connectivity index is 0.00000441. The van der Waals surface area contributed by atoms with Crippen molar-refractivity contribution in [3.05, 3.63) is 12.2 Å². The van der Waals surface area contributed by atoms with Gasteiger partial charge in [0.25, 0.3) is 0 Å². The van der Waals surface area contributed by atoms with E-state index in [9.17, 15) is 4.79 Å². The van der Waals surface area contributed by atoms with Crippen molar-refractivity contribution in [2.75, 3.05) is 32.7 Å². The van der Waals surface area contributed by atoms with Crippen LogP contribution in [0.25, 0.3) is 0 Å². The standard InChI is InChI=1S/C15H28N4O2.HI/c1-5-6-7-8-17-13(16)18-9-11-19(12-10-18)14(20)21-15(2,3)4;/h5-6H,7-12H2,1-4H3,(H2,16,17);1H. The Hall–Kier alpha value is -0.990. The summed E-state index contributed by atoms with van der Waals surface area (Å²) in [6.45, 7) is 10.9. The predicted octanol–water partition coefficient (Wildman–Crippen LogP) is 2.44. The van der Waals surface area contributed by atoms with Crippen molar-refractivity contribution in [3.8, 4) is 0 Å². The molecule has 0 unspecified atom stereocenters. The summed E-state index contributed by atoms with van der Waals surface area (Å²) in [7, 11) is 0. The highest BCUT2D eigenvalue weighted by molar-refractivity contribution is 14.0. The summed E-state index contributed by atoms with van der Waals surface area (Å²) in [5, 5.41) is 0. The molecule has 0 aliphatic carbocycles. The number of piperazine rings is 1. The molecule has 1 amide bonds. The first-order valence-corrected chi connectivity index (χ1v) is 7.47. The fourth-order valence-corrected chi connectivity index (χ4v) is 1.96. The summed E-state index contributed by atoms with van der Waals surface area (Å²) >= 11 is 0. The van der Waals surface area contributed by atoms with Crippen LogP contribution in [0.15, 0.2) is 17.1 Å². The molecule has 1 aliphatic rings. The maximum absolute atomic E-state index is 12.0. The molecule has 0 aromatic rings. The summed E-state index contributed by atoms with van der Waals surface area (Å²) < 4.78 is 5.36. The molecule has 0 aromatic heterocycles. The van der Waals surface area contributed by atoms with Crippen molar-refractivity contribution in [2.24, 2.45) is 10.7 Å². The van der Waals surface area contributed by atoms with Gasteiger partial charge in [-0.25, -0.2) is 4.79 Å². The predicted molar refractivity (Wildman–Crippen MR) is 101 cm³/mol. The van der Waals surface area contributed by atoms with Crippen molar-refractivity contribution in [1.29, 1.82) is 0 Å². The Morgan fingerprint density at radius 1 is 1.23 bits per heavy atom. The van der Waals surface area contributed by atoms with Gasteiger partial charge >= 0.3 is 6.09 Å². The van der Waals surface area contributed by atoms with Gasteiger partial charge in [0.15, 0.2) is 5.96 Å². The van der Waals surface area contributed by atoms with Gasteiger partial charge in [0.05, 0.1) is 0 Å². The van der Waals surface area contributed by atoms with E-state index in [0.717, 1.165) is 6.42 Å². The fraction of sp³-hybridized carbons (Fsp3) is 0.733. The molecule has 1 aliphatic heterocycles. The van der Waals surface area contributed by atoms with Crippen LogP contribution in [0.1, 0.15) is 34.1 Å². The molecule has 0 saturated carbocycles. The van der Waals surface area contributed by atoms with Crippen molar-refractivity contribution in [1.82, 2.24) is 9.80 Å². The Morgan fingerprint density at radius 2 is 1.77 bits per heavy atom. The number of nitrogens with zero attached hydrogens (tertiary/aromatic N) is 3. The van der Waals surface area contributed by atoms with Crippen LogP contribution in [0.5, 0.6) is 0 Å². The van der Waals surface area contributed by atoms with Gasteiger partial charge in [0.2, 0.25) is 0 Å². The third kappa shape index (κ3) is 7.86. The number of aliphatic imine (C=N–C) groups is 1. The highest BCUT2D eigenvalue weighted by Crippen LogP contribution is 2.11. The zero-order valence-corrected chi connectivity index (χ0v) is 16.4. The minimum atomic E-state index is -0.457. The number of rotatable bonds is 3. The highest BCUT2D eigenvalue weighted by atomic mass is 127. The molecule has 1 rings (SSSR count). The monoisotopic (exact) mass is 424 g/mol. The van der Waals surface area contributed by atoms with E-state index in [4.69, 9.17) is 10.5 Å². The second kappa shape index (κ2) is 9.91. The van der Waals surface area contributed by atoms with Gasteiger partial charge < -0.3 is 20.3 Å². The summed E-state index contributed by atoms with van der Waals surface area (Å²) in [5.74, 6) is 0.559. The van der Waals surface area contributed by atoms with Crippen molar-refractivity contribution in [2.45, 2.75) is 39.7 Å². The number of guanidine groups is 1. The molecule has 1 heterocycles. The quantitative estimate of drug-likeness (QED) is 0.248. The molecule has 128 valence electrons. The fourth-order valence-electron chi connectivity index (χ4n) is 1.96. The van der Waals surface area contributed by atoms with E-state index in [1.807, 2.05) is 38.7 Å². The van der Waals surface area contributed by atoms with Crippen LogP contribution in [0.2, 0.25) is 0 Å². The lowest BCUT2D eigenvalue weighted by atomic mass is 10.2. The highest BCUT2D eigenvalue weighted by Gasteiger charge is 2.26. The van der Waals surface area contributed by atoms with Crippen LogP contribution < -0.4 is 5.73 Å². The Kier molecular flexibility index (Phi) is 9.47. The average Bonchev–Trinajstić information content (AvgIpc) is 2.41. The van der Waals surface area contributed by atoms with Crippen LogP contribution in [-0.2, 0) is 4.74 Å². The number of ether oxygens (including phenoxy) is 1. The van der Waals surface area contributed by atoms with Gasteiger partial charge in [0, 0.05) is 32.7 Å². The van der Waals surface area contributed by atoms with E-state index in [1.54, 1.807) is 4.90 Å². The molecule has 1 fully saturated rings. The molecule has 0 spiro atoms. The number of allylic oxidation sites excluding steroid dienone is 1. The lowest BCUT2D eigenvalue weighted by Crippen LogP contribution is -2.53. The van der Waals surface area contributed by atoms with Crippen molar-refractivity contribution < 1.29 is 9.53 Å². The number of carbonyl (C=O) groups is 1. The molecule has 2 N–H and O–H groups in total. The van der Waals surface area contributed by atoms with Crippen LogP contribution in [0.3, 0.4) is 0 Å². The van der Waals surface area contributed by atoms with Gasteiger partial charge in [-0.1, -0.05) is 12.2 Å². The van der Waals surface area contributed by atoms with Gasteiger partial charge in [0.1, 0.15) is 5.60 Å². The summed E-state index contributed by atoms with van der Waals surface area (Å²) in [6.07, 6.45) is 4.71. The normalized spacial score (nSPS) is 16.6. The molecule has 1 saturated heterocycles. The smallest absolute Gasteiger partial charge is 0.410 e. The van der Waals surface area contributed by atoms with E-state index >= 15 is 0 Å². The number of halogens is 1. The number of hydrogen-bond acceptors (Lipinski definition) is 3. The third-order valence-electron chi connectivity index (χ3n) is 3.06. The molecular formula is C15H29IN4O2. The van der Waals surface area contributed by atoms with E-state index in [2.05, 4.69) is 11.1 Å². The zero-order chi connectivity index (χ0) is 15.9. The molecule has 22 heavy (non-hydrogen) atoms. The minimum Gasteiger partial charge on any atom is -0.444 e. The van der Waals surface area contributed by atoms with Crippen LogP contribution >= 0.6 is 24.0 Å². The topological polar surface area (TPSA) is 71.2 Å². The maximum Gasteiger partial charge on any atom is 0.410 e. The third-order valence-corrected chi connectivity index (χ3v) is 3.06. The minimum absolute atomic E-state index is 0. The maximum atomic E-state index is 12.0. The number of amides is 1. The number of nitrogens with two attached hydrogens (primary N) is 1. The Bertz CT molecular complexity index is 397. The Labute approximate surface area is 150 Å². The number of carbonyl (C=O) groups excluding carboxylic acids is 1. The van der Waals surface area contributed by atoms with Gasteiger partial charge in [-0.3, -0.25) is 4.99 Å². The first kappa shape index (κ1) is 21.0. The van der Waals surface area contributed by atoms with E-state index < -0.39 is 5.60 Å². The summed E-state index contributed by atoms with van der Waals surface area (Å²) in [5.41, 5.74) is 5.51. The summed E-state index contributed by atoms with van der Waals surface area (Å²) in [6, 6.07) is 0. The van der Waals surface area contributed by atoms with Crippen LogP contribution in [0.4, 0.5) is 4.79 Å². The first-order chi connectivity index (χ1) is 9.83. The molecule has 7 heteroatoms. The molecule has 0 bridgehead atoms. The SMILES string of the molecule is CC=CCCN=C(N)N1CCN(C(=O)OC(C)(C)C)CC1.I. The first-order valence-electron chi connectivity index (χ1n) is 7.47. The van der Waals surface area contributed by atoms with Crippen molar-refractivity contribution >= 4 is 36.0 Å². The second-order valence-corrected chi connectivity index (χ2v) is 6.05. The largest absolute Gasteiger partial charge is 0.444 e. The van der Waals surface area contributed by atoms with Gasteiger partial charge in [-0.05, 0) is 34.1 Å². The lowest BCUT2D eigenvalue weighted by molar-refractivity contribution is 0.0186. The van der Waals surface area contributed by atoms with E-state index in [0.29, 0.717) is 38.7 Å². The number of hydrogen-bond donors (Lipinski definition) is 1. The second-order valence-electron chi connectivity index (χ2n) is 6.05. The molecular weight excluding hydrogens is 395 g/mol. The van der Waals surface area contributed by atoms with E-state index in [-0.39, 0.29) is 30.1 Å². The van der Waals surface area contributed by atoms with E-state index in [1.165, 1.54) is 0 Å². The Morgan fingerprint density at radius 3 is 2.27 bits per heavy atom.